The molecule has 0 saturated heterocycles. The van der Waals surface area contributed by atoms with Gasteiger partial charge in [-0.05, 0) is 6.92 Å². The smallest absolute Gasteiger partial charge is 0.388 e. The van der Waals surface area contributed by atoms with Gasteiger partial charge >= 0.3 is 6.61 Å². The summed E-state index contributed by atoms with van der Waals surface area (Å²) in [5.41, 5.74) is 18.7. The van der Waals surface area contributed by atoms with Crippen molar-refractivity contribution in [3.63, 3.8) is 0 Å². The Labute approximate surface area is 135 Å². The minimum atomic E-state index is -3.02. The van der Waals surface area contributed by atoms with Crippen molar-refractivity contribution in [2.75, 3.05) is 13.7 Å². The predicted molar refractivity (Wildman–Crippen MR) is 80.4 cm³/mol. The minimum Gasteiger partial charge on any atom is -0.417 e. The minimum absolute atomic E-state index is 0.0332. The molecule has 0 saturated carbocycles. The van der Waals surface area contributed by atoms with Crippen molar-refractivity contribution in [3.8, 4) is 5.88 Å². The van der Waals surface area contributed by atoms with E-state index in [1.807, 2.05) is 0 Å². The summed E-state index contributed by atoms with van der Waals surface area (Å²) in [6.07, 6.45) is -0.884. The molecule has 24 heavy (non-hydrogen) atoms. The zero-order valence-corrected chi connectivity index (χ0v) is 12.9. The molecule has 13 heteroatoms. The van der Waals surface area contributed by atoms with Gasteiger partial charge in [0.15, 0.2) is 5.96 Å². The lowest BCUT2D eigenvalue weighted by Crippen LogP contribution is -2.37. The Hall–Kier alpha value is -2.80. The number of nitrogens with one attached hydrogen (secondary N) is 1. The van der Waals surface area contributed by atoms with Gasteiger partial charge in [-0.15, -0.1) is 0 Å². The average Bonchev–Trinajstić information content (AvgIpc) is 2.43. The number of nitrogens with zero attached hydrogens (tertiary/aromatic N) is 4. The SMILES string of the molecule is COCC(N=C(N)N)ONC(N)=Nc1nc(C)cc(OC(F)F)n1. The fourth-order valence-electron chi connectivity index (χ4n) is 1.39. The van der Waals surface area contributed by atoms with E-state index in [-0.39, 0.29) is 30.4 Å². The Morgan fingerprint density at radius 1 is 1.33 bits per heavy atom. The van der Waals surface area contributed by atoms with Gasteiger partial charge in [-0.1, -0.05) is 0 Å². The molecule has 0 aliphatic rings. The average molecular weight is 348 g/mol. The number of halogens is 2. The zero-order valence-electron chi connectivity index (χ0n) is 12.9. The highest BCUT2D eigenvalue weighted by atomic mass is 19.3. The molecule has 0 fully saturated rings. The lowest BCUT2D eigenvalue weighted by Gasteiger charge is -2.13. The van der Waals surface area contributed by atoms with Crippen molar-refractivity contribution in [1.29, 1.82) is 0 Å². The van der Waals surface area contributed by atoms with Crippen LogP contribution in [-0.4, -0.2) is 48.4 Å². The van der Waals surface area contributed by atoms with Gasteiger partial charge in [0.1, 0.15) is 0 Å². The standard InChI is InChI=1S/C11H18F2N8O3/c1-5-3-6(23-8(12)13)19-11(17-5)20-10(16)21-24-7(4-22-2)18-9(14)15/h3,7-8H,4H2,1-2H3,(H4,14,15,18)(H3,16,17,19,20,21). The third-order valence-electron chi connectivity index (χ3n) is 2.15. The van der Waals surface area contributed by atoms with Gasteiger partial charge in [0, 0.05) is 18.9 Å². The molecule has 7 N–H and O–H groups in total. The van der Waals surface area contributed by atoms with Gasteiger partial charge in [0.05, 0.1) is 6.61 Å². The zero-order chi connectivity index (χ0) is 18.1. The topological polar surface area (TPSA) is 168 Å². The van der Waals surface area contributed by atoms with Gasteiger partial charge in [0.2, 0.25) is 18.1 Å². The summed E-state index contributed by atoms with van der Waals surface area (Å²) in [7, 11) is 1.42. The van der Waals surface area contributed by atoms with Crippen molar-refractivity contribution < 1.29 is 23.1 Å². The first-order valence-electron chi connectivity index (χ1n) is 6.44. The molecule has 134 valence electrons. The molecule has 0 amide bonds. The lowest BCUT2D eigenvalue weighted by atomic mass is 10.4. The summed E-state index contributed by atoms with van der Waals surface area (Å²) >= 11 is 0. The van der Waals surface area contributed by atoms with Gasteiger partial charge < -0.3 is 26.7 Å². The van der Waals surface area contributed by atoms with E-state index in [4.69, 9.17) is 26.8 Å². The summed E-state index contributed by atoms with van der Waals surface area (Å²) in [4.78, 5) is 20.1. The predicted octanol–water partition coefficient (Wildman–Crippen LogP) is -0.900. The second-order valence-corrected chi connectivity index (χ2v) is 4.21. The number of aliphatic imine (C=N–C) groups is 2. The maximum atomic E-state index is 12.2. The number of rotatable bonds is 8. The highest BCUT2D eigenvalue weighted by molar-refractivity contribution is 5.79. The number of alkyl halides is 2. The molecule has 0 radical (unpaired) electrons. The van der Waals surface area contributed by atoms with Crippen molar-refractivity contribution in [2.45, 2.75) is 19.8 Å². The molecule has 1 rings (SSSR count). The number of methoxy groups -OCH3 is 1. The first-order chi connectivity index (χ1) is 11.3. The highest BCUT2D eigenvalue weighted by Gasteiger charge is 2.10. The lowest BCUT2D eigenvalue weighted by molar-refractivity contribution is -0.0528. The third-order valence-corrected chi connectivity index (χ3v) is 2.15. The van der Waals surface area contributed by atoms with E-state index in [1.165, 1.54) is 13.2 Å². The molecule has 11 nitrogen and oxygen atoms in total. The molecule has 0 spiro atoms. The van der Waals surface area contributed by atoms with Crippen LogP contribution in [0.3, 0.4) is 0 Å². The highest BCUT2D eigenvalue weighted by Crippen LogP contribution is 2.16. The van der Waals surface area contributed by atoms with Crippen LogP contribution in [0.1, 0.15) is 5.69 Å². The van der Waals surface area contributed by atoms with Gasteiger partial charge in [-0.25, -0.2) is 20.3 Å². The number of nitrogens with two attached hydrogens (primary N) is 3. The summed E-state index contributed by atoms with van der Waals surface area (Å²) < 4.78 is 33.5. The van der Waals surface area contributed by atoms with Gasteiger partial charge in [-0.2, -0.15) is 18.8 Å². The number of ether oxygens (including phenoxy) is 2. The Morgan fingerprint density at radius 2 is 2.04 bits per heavy atom. The monoisotopic (exact) mass is 348 g/mol. The molecule has 0 bridgehead atoms. The van der Waals surface area contributed by atoms with Crippen molar-refractivity contribution in [3.05, 3.63) is 11.8 Å². The number of hydrogen-bond acceptors (Lipinski definition) is 7. The molecule has 0 aromatic carbocycles. The van der Waals surface area contributed by atoms with Crippen LogP contribution in [-0.2, 0) is 9.57 Å². The summed E-state index contributed by atoms with van der Waals surface area (Å²) in [6, 6.07) is 1.22. The van der Waals surface area contributed by atoms with Crippen LogP contribution in [0.15, 0.2) is 16.1 Å². The second kappa shape index (κ2) is 9.36. The van der Waals surface area contributed by atoms with E-state index < -0.39 is 12.8 Å². The second-order valence-electron chi connectivity index (χ2n) is 4.21. The maximum Gasteiger partial charge on any atom is 0.388 e. The Bertz CT molecular complexity index is 595. The van der Waals surface area contributed by atoms with E-state index in [0.717, 1.165) is 0 Å². The van der Waals surface area contributed by atoms with Crippen LogP contribution in [0, 0.1) is 6.92 Å². The number of hydrogen-bond donors (Lipinski definition) is 4. The number of aromatic nitrogens is 2. The largest absolute Gasteiger partial charge is 0.417 e. The number of guanidine groups is 2. The molecule has 0 aliphatic carbocycles. The summed E-state index contributed by atoms with van der Waals surface area (Å²) in [5.74, 6) is -1.03. The van der Waals surface area contributed by atoms with Gasteiger partial charge in [0.25, 0.3) is 5.95 Å². The molecule has 0 aliphatic heterocycles. The van der Waals surface area contributed by atoms with Crippen LogP contribution >= 0.6 is 0 Å². The molecule has 1 atom stereocenters. The van der Waals surface area contributed by atoms with Crippen LogP contribution < -0.4 is 27.4 Å². The Balaban J connectivity index is 2.77. The van der Waals surface area contributed by atoms with E-state index in [2.05, 4.69) is 30.2 Å². The molecule has 1 aromatic heterocycles. The fourth-order valence-corrected chi connectivity index (χ4v) is 1.39. The third kappa shape index (κ3) is 7.46. The van der Waals surface area contributed by atoms with Crippen LogP contribution in [0.2, 0.25) is 0 Å². The van der Waals surface area contributed by atoms with Crippen LogP contribution in [0.5, 0.6) is 5.88 Å². The van der Waals surface area contributed by atoms with Crippen LogP contribution in [0.4, 0.5) is 14.7 Å². The summed E-state index contributed by atoms with van der Waals surface area (Å²) in [5, 5.41) is 0. The number of hydroxylamine groups is 1. The first-order valence-corrected chi connectivity index (χ1v) is 6.44. The fraction of sp³-hybridized carbons (Fsp3) is 0.455. The normalized spacial score (nSPS) is 12.8. The quantitative estimate of drug-likeness (QED) is 0.264. The van der Waals surface area contributed by atoms with E-state index in [0.29, 0.717) is 5.69 Å². The van der Waals surface area contributed by atoms with Crippen molar-refractivity contribution in [2.24, 2.45) is 27.2 Å². The first kappa shape index (κ1) is 19.2. The van der Waals surface area contributed by atoms with E-state index in [1.54, 1.807) is 6.92 Å². The van der Waals surface area contributed by atoms with E-state index in [9.17, 15) is 8.78 Å². The van der Waals surface area contributed by atoms with Crippen molar-refractivity contribution >= 4 is 17.9 Å². The van der Waals surface area contributed by atoms with Gasteiger partial charge in [-0.3, -0.25) is 0 Å². The van der Waals surface area contributed by atoms with E-state index >= 15 is 0 Å². The molecule has 1 aromatic rings. The van der Waals surface area contributed by atoms with Crippen molar-refractivity contribution in [1.82, 2.24) is 15.4 Å². The summed E-state index contributed by atoms with van der Waals surface area (Å²) in [6.45, 7) is -1.44. The number of aryl methyl sites for hydroxylation is 1. The molecule has 1 heterocycles. The molecular formula is C11H18F2N8O3. The Kier molecular flexibility index (Phi) is 7.51. The maximum absolute atomic E-state index is 12.2. The van der Waals surface area contributed by atoms with Crippen LogP contribution in [0.25, 0.3) is 0 Å². The molecule has 1 unspecified atom stereocenters. The molecular weight excluding hydrogens is 330 g/mol. The Morgan fingerprint density at radius 3 is 2.62 bits per heavy atom.